The van der Waals surface area contributed by atoms with Crippen molar-refractivity contribution >= 4 is 30.9 Å². The first kappa shape index (κ1) is 14.2. The van der Waals surface area contributed by atoms with Gasteiger partial charge in [-0.15, -0.1) is 0 Å². The van der Waals surface area contributed by atoms with Crippen LogP contribution in [0.3, 0.4) is 0 Å². The second-order valence-corrected chi connectivity index (χ2v) is 6.92. The molecule has 2 heterocycles. The first-order valence-electron chi connectivity index (χ1n) is 6.08. The molecule has 3 N–H and O–H groups in total. The van der Waals surface area contributed by atoms with Crippen molar-refractivity contribution in [3.8, 4) is 0 Å². The van der Waals surface area contributed by atoms with Gasteiger partial charge in [-0.1, -0.05) is 0 Å². The number of alkyl halides is 3. The van der Waals surface area contributed by atoms with Gasteiger partial charge in [-0.2, -0.15) is 0 Å². The van der Waals surface area contributed by atoms with Crippen molar-refractivity contribution in [1.82, 2.24) is 4.98 Å². The van der Waals surface area contributed by atoms with Crippen molar-refractivity contribution in [3.05, 3.63) is 39.8 Å². The Morgan fingerprint density at radius 2 is 2.14 bits per heavy atom. The minimum absolute atomic E-state index is 0.116. The summed E-state index contributed by atoms with van der Waals surface area (Å²) in [6, 6.07) is 5.08. The van der Waals surface area contributed by atoms with E-state index in [1.165, 1.54) is 6.07 Å². The first-order chi connectivity index (χ1) is 9.84. The minimum atomic E-state index is -4.40. The van der Waals surface area contributed by atoms with Gasteiger partial charge in [0, 0.05) is 0 Å². The zero-order valence-electron chi connectivity index (χ0n) is 10.6. The number of nitrogens with one attached hydrogen (secondary N) is 1. The summed E-state index contributed by atoms with van der Waals surface area (Å²) in [7, 11) is 0. The number of anilines is 2. The molecule has 0 aliphatic carbocycles. The molecule has 21 heavy (non-hydrogen) atoms. The van der Waals surface area contributed by atoms with Crippen LogP contribution in [-0.4, -0.2) is 25.4 Å². The summed E-state index contributed by atoms with van der Waals surface area (Å²) < 4.78 is 39.7. The van der Waals surface area contributed by atoms with Gasteiger partial charge in [0.05, 0.1) is 0 Å². The van der Waals surface area contributed by atoms with Crippen LogP contribution >= 0.6 is 0 Å². The molecule has 1 atom stereocenters. The third-order valence-corrected chi connectivity index (χ3v) is 5.34. The summed E-state index contributed by atoms with van der Waals surface area (Å²) in [6.45, 7) is 0. The third kappa shape index (κ3) is 2.69. The van der Waals surface area contributed by atoms with Crippen LogP contribution in [0.4, 0.5) is 23.7 Å². The standard InChI is InChI=1S/C13H10F3N3OSe/c14-13(15,16)7-3-1-2-6(4-7)8-5-9(20)18-11-10(8)21-12(17)19-11/h1-4,8H,5H2,(H2,17,19)(H,18,20). The molecule has 1 amide bonds. The zero-order valence-corrected chi connectivity index (χ0v) is 12.3. The summed E-state index contributed by atoms with van der Waals surface area (Å²) in [4.78, 5) is 15.8. The molecule has 1 unspecified atom stereocenters. The van der Waals surface area contributed by atoms with Crippen molar-refractivity contribution in [2.24, 2.45) is 0 Å². The number of halogens is 3. The number of carbonyl (C=O) groups excluding carboxylic acids is 1. The summed E-state index contributed by atoms with van der Waals surface area (Å²) in [5.74, 6) is -0.238. The van der Waals surface area contributed by atoms with E-state index in [2.05, 4.69) is 10.3 Å². The van der Waals surface area contributed by atoms with Crippen LogP contribution in [-0.2, 0) is 11.0 Å². The number of carbonyl (C=O) groups is 1. The van der Waals surface area contributed by atoms with Gasteiger partial charge in [0.25, 0.3) is 0 Å². The van der Waals surface area contributed by atoms with Gasteiger partial charge in [0.1, 0.15) is 0 Å². The molecule has 3 rings (SSSR count). The number of nitrogen functional groups attached to an aromatic ring is 1. The quantitative estimate of drug-likeness (QED) is 0.767. The summed E-state index contributed by atoms with van der Waals surface area (Å²) in [5.41, 5.74) is 5.44. The van der Waals surface area contributed by atoms with E-state index >= 15 is 0 Å². The number of benzene rings is 1. The number of nitrogens with two attached hydrogens (primary N) is 1. The average molecular weight is 360 g/mol. The van der Waals surface area contributed by atoms with Crippen molar-refractivity contribution in [3.63, 3.8) is 0 Å². The third-order valence-electron chi connectivity index (χ3n) is 3.25. The molecule has 1 aliphatic heterocycles. The van der Waals surface area contributed by atoms with Crippen LogP contribution in [0.2, 0.25) is 0 Å². The monoisotopic (exact) mass is 361 g/mol. The number of hydrogen-bond donors (Lipinski definition) is 2. The van der Waals surface area contributed by atoms with E-state index < -0.39 is 11.7 Å². The van der Waals surface area contributed by atoms with Crippen molar-refractivity contribution in [2.45, 2.75) is 18.5 Å². The number of nitrogens with zero attached hydrogens (tertiary/aromatic N) is 1. The zero-order chi connectivity index (χ0) is 15.2. The second-order valence-electron chi connectivity index (χ2n) is 4.69. The Morgan fingerprint density at radius 3 is 2.86 bits per heavy atom. The molecule has 0 bridgehead atoms. The van der Waals surface area contributed by atoms with E-state index in [1.807, 2.05) is 0 Å². The fourth-order valence-electron chi connectivity index (χ4n) is 2.34. The van der Waals surface area contributed by atoms with Gasteiger partial charge in [-0.25, -0.2) is 0 Å². The normalized spacial score (nSPS) is 18.2. The Balaban J connectivity index is 2.06. The van der Waals surface area contributed by atoms with Crippen LogP contribution in [0.25, 0.3) is 0 Å². The SMILES string of the molecule is Nc1nc2c([se]1)C(c1cccc(C(F)(F)F)c1)CC(=O)N2. The van der Waals surface area contributed by atoms with E-state index in [9.17, 15) is 18.0 Å². The molecule has 0 spiro atoms. The van der Waals surface area contributed by atoms with Gasteiger partial charge in [-0.05, 0) is 0 Å². The summed E-state index contributed by atoms with van der Waals surface area (Å²) in [5, 5.41) is 2.62. The van der Waals surface area contributed by atoms with E-state index in [-0.39, 0.29) is 32.7 Å². The predicted octanol–water partition coefficient (Wildman–Crippen LogP) is 2.21. The predicted molar refractivity (Wildman–Crippen MR) is 72.1 cm³/mol. The molecule has 4 nitrogen and oxygen atoms in total. The molecule has 2 aromatic rings. The molecule has 1 aromatic carbocycles. The average Bonchev–Trinajstić information content (AvgIpc) is 2.77. The Morgan fingerprint density at radius 1 is 1.38 bits per heavy atom. The topological polar surface area (TPSA) is 68.0 Å². The number of fused-ring (bicyclic) bond motifs is 1. The summed E-state index contributed by atoms with van der Waals surface area (Å²) in [6.07, 6.45) is -4.29. The molecule has 110 valence electrons. The number of aromatic nitrogens is 1. The van der Waals surface area contributed by atoms with Crippen molar-refractivity contribution in [1.29, 1.82) is 0 Å². The van der Waals surface area contributed by atoms with Crippen LogP contribution in [0.5, 0.6) is 0 Å². The van der Waals surface area contributed by atoms with Gasteiger partial charge in [0.2, 0.25) is 0 Å². The van der Waals surface area contributed by atoms with Crippen LogP contribution < -0.4 is 11.1 Å². The molecule has 8 heteroatoms. The second kappa shape index (κ2) is 4.89. The van der Waals surface area contributed by atoms with Gasteiger partial charge >= 0.3 is 123 Å². The maximum atomic E-state index is 12.8. The molecular weight excluding hydrogens is 350 g/mol. The maximum absolute atomic E-state index is 12.8. The van der Waals surface area contributed by atoms with Gasteiger partial charge in [-0.3, -0.25) is 0 Å². The van der Waals surface area contributed by atoms with E-state index in [0.717, 1.165) is 16.6 Å². The fourth-order valence-corrected chi connectivity index (χ4v) is 4.26. The number of hydrogen-bond acceptors (Lipinski definition) is 3. The van der Waals surface area contributed by atoms with Crippen LogP contribution in [0, 0.1) is 0 Å². The fraction of sp³-hybridized carbons (Fsp3) is 0.231. The Labute approximate surface area is 123 Å². The Hall–Kier alpha value is -1.79. The number of amides is 1. The van der Waals surface area contributed by atoms with E-state index in [0.29, 0.717) is 16.1 Å². The van der Waals surface area contributed by atoms with E-state index in [1.54, 1.807) is 6.07 Å². The van der Waals surface area contributed by atoms with Crippen LogP contribution in [0.1, 0.15) is 27.9 Å². The molecule has 1 aliphatic rings. The van der Waals surface area contributed by atoms with Gasteiger partial charge in [0.15, 0.2) is 0 Å². The van der Waals surface area contributed by atoms with Crippen molar-refractivity contribution in [2.75, 3.05) is 11.1 Å². The molecule has 0 fully saturated rings. The molecule has 1 aromatic heterocycles. The molecule has 0 radical (unpaired) electrons. The number of rotatable bonds is 1. The summed E-state index contributed by atoms with van der Waals surface area (Å²) >= 11 is -0.234. The van der Waals surface area contributed by atoms with Crippen molar-refractivity contribution < 1.29 is 18.0 Å². The Bertz CT molecular complexity index is 711. The van der Waals surface area contributed by atoms with E-state index in [4.69, 9.17) is 5.73 Å². The molecular formula is C13H10F3N3OSe. The molecule has 0 saturated heterocycles. The first-order valence-corrected chi connectivity index (χ1v) is 7.79. The van der Waals surface area contributed by atoms with Crippen LogP contribution in [0.15, 0.2) is 24.3 Å². The van der Waals surface area contributed by atoms with Gasteiger partial charge < -0.3 is 0 Å². The Kier molecular flexibility index (Phi) is 3.30. The molecule has 0 saturated carbocycles.